The van der Waals surface area contributed by atoms with Crippen molar-refractivity contribution in [1.29, 1.82) is 0 Å². The molecule has 0 spiro atoms. The summed E-state index contributed by atoms with van der Waals surface area (Å²) in [7, 11) is 0. The van der Waals surface area contributed by atoms with Gasteiger partial charge in [-0.05, 0) is 45.2 Å². The van der Waals surface area contributed by atoms with Crippen molar-refractivity contribution in [3.8, 4) is 0 Å². The van der Waals surface area contributed by atoms with Gasteiger partial charge in [-0.2, -0.15) is 0 Å². The van der Waals surface area contributed by atoms with E-state index in [1.165, 1.54) is 6.92 Å². The molecule has 0 aromatic heterocycles. The van der Waals surface area contributed by atoms with Crippen LogP contribution in [-0.4, -0.2) is 41.2 Å². The highest BCUT2D eigenvalue weighted by atomic mass is 16.5. The maximum Gasteiger partial charge on any atom is 0.329 e. The van der Waals surface area contributed by atoms with Crippen molar-refractivity contribution >= 4 is 29.4 Å². The molecule has 1 fully saturated rings. The minimum atomic E-state index is -1.06. The van der Waals surface area contributed by atoms with Gasteiger partial charge in [0.05, 0.1) is 11.8 Å². The van der Waals surface area contributed by atoms with Gasteiger partial charge in [-0.25, -0.2) is 4.79 Å². The number of rotatable bonds is 5. The summed E-state index contributed by atoms with van der Waals surface area (Å²) in [5.41, 5.74) is 2.62. The maximum absolute atomic E-state index is 12.5. The topological polar surface area (TPSA) is 92.8 Å². The lowest BCUT2D eigenvalue weighted by Crippen LogP contribution is -2.45. The molecular formula is C21H24N2O5. The summed E-state index contributed by atoms with van der Waals surface area (Å²) in [6.45, 7) is 4.79. The van der Waals surface area contributed by atoms with E-state index in [-0.39, 0.29) is 11.8 Å². The van der Waals surface area contributed by atoms with Crippen LogP contribution in [0.2, 0.25) is 0 Å². The first-order valence-corrected chi connectivity index (χ1v) is 9.35. The van der Waals surface area contributed by atoms with Crippen molar-refractivity contribution in [3.63, 3.8) is 0 Å². The molecule has 3 rings (SSSR count). The summed E-state index contributed by atoms with van der Waals surface area (Å²) in [5.74, 6) is -2.75. The number of ether oxygens (including phenoxy) is 1. The summed E-state index contributed by atoms with van der Waals surface area (Å²) >= 11 is 0. The molecule has 0 bridgehead atoms. The van der Waals surface area contributed by atoms with E-state index in [4.69, 9.17) is 4.74 Å². The summed E-state index contributed by atoms with van der Waals surface area (Å²) in [6, 6.07) is 4.53. The Morgan fingerprint density at radius 1 is 1.14 bits per heavy atom. The molecule has 3 amide bonds. The third-order valence-electron chi connectivity index (χ3n) is 5.27. The highest BCUT2D eigenvalue weighted by molar-refractivity contribution is 6.08. The zero-order valence-corrected chi connectivity index (χ0v) is 16.2. The van der Waals surface area contributed by atoms with Gasteiger partial charge < -0.3 is 10.1 Å². The summed E-state index contributed by atoms with van der Waals surface area (Å²) in [5, 5.41) is 2.69. The first-order chi connectivity index (χ1) is 13.3. The molecule has 1 saturated heterocycles. The predicted octanol–water partition coefficient (Wildman–Crippen LogP) is 2.12. The van der Waals surface area contributed by atoms with Crippen molar-refractivity contribution in [2.24, 2.45) is 11.8 Å². The second-order valence-electron chi connectivity index (χ2n) is 7.35. The molecule has 1 aromatic carbocycles. The lowest BCUT2D eigenvalue weighted by atomic mass is 9.85. The Bertz CT molecular complexity index is 834. The van der Waals surface area contributed by atoms with E-state index < -0.39 is 36.4 Å². The molecule has 0 unspecified atom stereocenters. The van der Waals surface area contributed by atoms with Gasteiger partial charge in [0.25, 0.3) is 5.91 Å². The molecular weight excluding hydrogens is 360 g/mol. The highest BCUT2D eigenvalue weighted by Crippen LogP contribution is 2.36. The van der Waals surface area contributed by atoms with Crippen LogP contribution in [0.4, 0.5) is 5.69 Å². The Morgan fingerprint density at radius 3 is 2.32 bits per heavy atom. The van der Waals surface area contributed by atoms with Gasteiger partial charge in [-0.3, -0.25) is 19.3 Å². The fourth-order valence-corrected chi connectivity index (χ4v) is 3.71. The van der Waals surface area contributed by atoms with Crippen molar-refractivity contribution in [1.82, 2.24) is 4.90 Å². The van der Waals surface area contributed by atoms with Crippen LogP contribution in [0, 0.1) is 25.7 Å². The predicted molar refractivity (Wildman–Crippen MR) is 102 cm³/mol. The molecule has 3 atom stereocenters. The second kappa shape index (κ2) is 7.96. The van der Waals surface area contributed by atoms with E-state index in [0.29, 0.717) is 18.5 Å². The molecule has 0 radical (unpaired) electrons. The largest absolute Gasteiger partial charge is 0.454 e. The number of benzene rings is 1. The van der Waals surface area contributed by atoms with E-state index in [0.717, 1.165) is 16.0 Å². The van der Waals surface area contributed by atoms with E-state index in [1.54, 1.807) is 6.07 Å². The van der Waals surface area contributed by atoms with Gasteiger partial charge in [-0.1, -0.05) is 29.8 Å². The molecule has 1 heterocycles. The van der Waals surface area contributed by atoms with Crippen molar-refractivity contribution in [3.05, 3.63) is 41.5 Å². The molecule has 7 heteroatoms. The number of fused-ring (bicyclic) bond motifs is 1. The lowest BCUT2D eigenvalue weighted by molar-refractivity contribution is -0.159. The van der Waals surface area contributed by atoms with Crippen LogP contribution in [0.25, 0.3) is 0 Å². The minimum absolute atomic E-state index is 0.344. The molecule has 7 nitrogen and oxygen atoms in total. The molecule has 1 aliphatic heterocycles. The molecule has 1 aliphatic carbocycles. The van der Waals surface area contributed by atoms with Crippen LogP contribution in [-0.2, 0) is 23.9 Å². The molecule has 1 N–H and O–H groups in total. The average Bonchev–Trinajstić information content (AvgIpc) is 2.92. The smallest absolute Gasteiger partial charge is 0.329 e. The van der Waals surface area contributed by atoms with Crippen LogP contribution in [0.3, 0.4) is 0 Å². The van der Waals surface area contributed by atoms with Crippen molar-refractivity contribution < 1.29 is 23.9 Å². The Labute approximate surface area is 163 Å². The number of anilines is 1. The Morgan fingerprint density at radius 2 is 1.75 bits per heavy atom. The number of nitrogens with one attached hydrogen (secondary N) is 1. The number of hydrogen-bond donors (Lipinski definition) is 1. The van der Waals surface area contributed by atoms with Gasteiger partial charge in [0, 0.05) is 5.69 Å². The molecule has 0 saturated carbocycles. The number of imide groups is 1. The zero-order chi connectivity index (χ0) is 20.4. The van der Waals surface area contributed by atoms with Gasteiger partial charge in [0.1, 0.15) is 6.04 Å². The molecule has 2 aliphatic rings. The summed E-state index contributed by atoms with van der Waals surface area (Å²) < 4.78 is 5.05. The van der Waals surface area contributed by atoms with Crippen LogP contribution in [0.1, 0.15) is 30.9 Å². The number of carbonyl (C=O) groups is 4. The molecule has 148 valence electrons. The number of likely N-dealkylation sites (tertiary alicyclic amines) is 1. The quantitative estimate of drug-likeness (QED) is 0.477. The number of allylic oxidation sites excluding steroid dienone is 2. The number of aryl methyl sites for hydroxylation is 2. The number of esters is 1. The second-order valence-corrected chi connectivity index (χ2v) is 7.35. The van der Waals surface area contributed by atoms with Crippen molar-refractivity contribution in [2.45, 2.75) is 39.7 Å². The van der Waals surface area contributed by atoms with Gasteiger partial charge in [-0.15, -0.1) is 0 Å². The van der Waals surface area contributed by atoms with E-state index in [2.05, 4.69) is 5.32 Å². The van der Waals surface area contributed by atoms with Gasteiger partial charge in [0.2, 0.25) is 11.8 Å². The lowest BCUT2D eigenvalue weighted by Gasteiger charge is -2.21. The van der Waals surface area contributed by atoms with Crippen LogP contribution in [0.5, 0.6) is 0 Å². The SMILES string of the molecule is Cc1ccc(NC(=O)COC(=O)[C@H](C)N2C(=O)[C@H]3CC=CC[C@@H]3C2=O)c(C)c1. The molecule has 28 heavy (non-hydrogen) atoms. The number of hydrogen-bond acceptors (Lipinski definition) is 5. The average molecular weight is 384 g/mol. The van der Waals surface area contributed by atoms with E-state index in [9.17, 15) is 19.2 Å². The fourth-order valence-electron chi connectivity index (χ4n) is 3.71. The Kier molecular flexibility index (Phi) is 5.63. The number of nitrogens with zero attached hydrogens (tertiary/aromatic N) is 1. The van der Waals surface area contributed by atoms with E-state index >= 15 is 0 Å². The fraction of sp³-hybridized carbons (Fsp3) is 0.429. The van der Waals surface area contributed by atoms with Crippen LogP contribution >= 0.6 is 0 Å². The Hall–Kier alpha value is -2.96. The van der Waals surface area contributed by atoms with Gasteiger partial charge >= 0.3 is 5.97 Å². The highest BCUT2D eigenvalue weighted by Gasteiger charge is 2.50. The minimum Gasteiger partial charge on any atom is -0.454 e. The third kappa shape index (κ3) is 3.83. The number of amides is 3. The first kappa shape index (κ1) is 19.8. The van der Waals surface area contributed by atoms with E-state index in [1.807, 2.05) is 38.1 Å². The molecule has 1 aromatic rings. The Balaban J connectivity index is 1.56. The standard InChI is InChI=1S/C21H24N2O5/c1-12-8-9-17(13(2)10-12)22-18(24)11-28-21(27)14(3)23-19(25)15-6-4-5-7-16(15)20(23)26/h4-5,8-10,14-16H,6-7,11H2,1-3H3,(H,22,24)/t14-,15-,16-/m0/s1. The van der Waals surface area contributed by atoms with Crippen molar-refractivity contribution in [2.75, 3.05) is 11.9 Å². The first-order valence-electron chi connectivity index (χ1n) is 9.35. The third-order valence-corrected chi connectivity index (χ3v) is 5.27. The van der Waals surface area contributed by atoms with Crippen LogP contribution in [0.15, 0.2) is 30.4 Å². The van der Waals surface area contributed by atoms with Crippen LogP contribution < -0.4 is 5.32 Å². The van der Waals surface area contributed by atoms with Gasteiger partial charge in [0.15, 0.2) is 6.61 Å². The number of carbonyl (C=O) groups excluding carboxylic acids is 4. The summed E-state index contributed by atoms with van der Waals surface area (Å²) in [6.07, 6.45) is 4.78. The summed E-state index contributed by atoms with van der Waals surface area (Å²) in [4.78, 5) is 50.5. The zero-order valence-electron chi connectivity index (χ0n) is 16.2. The maximum atomic E-state index is 12.5. The normalized spacial score (nSPS) is 22.0. The monoisotopic (exact) mass is 384 g/mol.